The zero-order valence-corrected chi connectivity index (χ0v) is 16.6. The number of amides is 1. The van der Waals surface area contributed by atoms with E-state index in [1.54, 1.807) is 0 Å². The SMILES string of the molecule is CCOCCCN1CCC(NC(=O)CC(C)C2CCCNC2)C(C)C1. The molecule has 1 amide bonds. The Morgan fingerprint density at radius 1 is 1.40 bits per heavy atom. The standard InChI is InChI=1S/C20H39N3O2/c1-4-25-12-6-10-23-11-8-19(17(3)15-23)22-20(24)13-16(2)18-7-5-9-21-14-18/h16-19,21H,4-15H2,1-3H3,(H,22,24). The fourth-order valence-corrected chi connectivity index (χ4v) is 4.27. The number of rotatable bonds is 9. The van der Waals surface area contributed by atoms with E-state index in [-0.39, 0.29) is 5.91 Å². The summed E-state index contributed by atoms with van der Waals surface area (Å²) in [5.74, 6) is 1.90. The second-order valence-corrected chi connectivity index (χ2v) is 8.08. The summed E-state index contributed by atoms with van der Waals surface area (Å²) in [4.78, 5) is 15.0. The molecule has 0 aliphatic carbocycles. The highest BCUT2D eigenvalue weighted by atomic mass is 16.5. The van der Waals surface area contributed by atoms with E-state index in [1.165, 1.54) is 12.8 Å². The largest absolute Gasteiger partial charge is 0.382 e. The molecule has 25 heavy (non-hydrogen) atoms. The molecule has 0 saturated carbocycles. The molecule has 2 fully saturated rings. The minimum absolute atomic E-state index is 0.250. The van der Waals surface area contributed by atoms with Crippen molar-refractivity contribution in [2.75, 3.05) is 45.9 Å². The number of hydrogen-bond acceptors (Lipinski definition) is 4. The fraction of sp³-hybridized carbons (Fsp3) is 0.950. The van der Waals surface area contributed by atoms with Gasteiger partial charge < -0.3 is 20.3 Å². The first kappa shape index (κ1) is 20.7. The molecule has 4 unspecified atom stereocenters. The second kappa shape index (κ2) is 11.1. The minimum Gasteiger partial charge on any atom is -0.382 e. The number of nitrogens with zero attached hydrogens (tertiary/aromatic N) is 1. The fourth-order valence-electron chi connectivity index (χ4n) is 4.27. The second-order valence-electron chi connectivity index (χ2n) is 8.08. The van der Waals surface area contributed by atoms with Crippen LogP contribution in [0.1, 0.15) is 52.9 Å². The van der Waals surface area contributed by atoms with Crippen molar-refractivity contribution in [2.24, 2.45) is 17.8 Å². The van der Waals surface area contributed by atoms with E-state index in [2.05, 4.69) is 29.4 Å². The van der Waals surface area contributed by atoms with Crippen LogP contribution in [0.5, 0.6) is 0 Å². The first-order chi connectivity index (χ1) is 12.1. The Labute approximate surface area is 154 Å². The van der Waals surface area contributed by atoms with E-state index in [4.69, 9.17) is 4.74 Å². The predicted octanol–water partition coefficient (Wildman–Crippen LogP) is 2.27. The van der Waals surface area contributed by atoms with Crippen molar-refractivity contribution >= 4 is 5.91 Å². The van der Waals surface area contributed by atoms with Gasteiger partial charge in [0.1, 0.15) is 0 Å². The maximum atomic E-state index is 12.5. The van der Waals surface area contributed by atoms with E-state index >= 15 is 0 Å². The molecular weight excluding hydrogens is 314 g/mol. The van der Waals surface area contributed by atoms with Crippen molar-refractivity contribution in [1.29, 1.82) is 0 Å². The Morgan fingerprint density at radius 2 is 2.24 bits per heavy atom. The third-order valence-corrected chi connectivity index (χ3v) is 5.95. The average Bonchev–Trinajstić information content (AvgIpc) is 2.61. The lowest BCUT2D eigenvalue weighted by Gasteiger charge is -2.37. The van der Waals surface area contributed by atoms with Crippen molar-refractivity contribution in [1.82, 2.24) is 15.5 Å². The lowest BCUT2D eigenvalue weighted by Crippen LogP contribution is -2.50. The van der Waals surface area contributed by atoms with E-state index < -0.39 is 0 Å². The molecule has 2 N–H and O–H groups in total. The molecule has 2 heterocycles. The van der Waals surface area contributed by atoms with Crippen molar-refractivity contribution in [3.8, 4) is 0 Å². The van der Waals surface area contributed by atoms with Gasteiger partial charge in [0.2, 0.25) is 5.91 Å². The summed E-state index contributed by atoms with van der Waals surface area (Å²) >= 11 is 0. The van der Waals surface area contributed by atoms with Crippen LogP contribution in [0.2, 0.25) is 0 Å². The third kappa shape index (κ3) is 7.24. The van der Waals surface area contributed by atoms with Crippen LogP contribution in [-0.2, 0) is 9.53 Å². The molecule has 0 bridgehead atoms. The zero-order chi connectivity index (χ0) is 18.1. The quantitative estimate of drug-likeness (QED) is 0.625. The van der Waals surface area contributed by atoms with Gasteiger partial charge in [0, 0.05) is 45.3 Å². The Bertz CT molecular complexity index is 385. The van der Waals surface area contributed by atoms with E-state index in [0.717, 1.165) is 58.8 Å². The molecule has 5 nitrogen and oxygen atoms in total. The molecule has 2 saturated heterocycles. The Balaban J connectivity index is 1.65. The maximum absolute atomic E-state index is 12.5. The summed E-state index contributed by atoms with van der Waals surface area (Å²) in [5.41, 5.74) is 0. The van der Waals surface area contributed by atoms with Gasteiger partial charge in [-0.05, 0) is 63.5 Å². The molecule has 146 valence electrons. The van der Waals surface area contributed by atoms with Gasteiger partial charge in [0.15, 0.2) is 0 Å². The Kier molecular flexibility index (Phi) is 9.21. The van der Waals surface area contributed by atoms with E-state index in [0.29, 0.717) is 30.2 Å². The molecule has 0 aromatic carbocycles. The van der Waals surface area contributed by atoms with Crippen molar-refractivity contribution in [3.63, 3.8) is 0 Å². The molecule has 2 aliphatic heterocycles. The van der Waals surface area contributed by atoms with Crippen LogP contribution in [0.4, 0.5) is 0 Å². The maximum Gasteiger partial charge on any atom is 0.220 e. The molecule has 5 heteroatoms. The van der Waals surface area contributed by atoms with Crippen molar-refractivity contribution in [2.45, 2.75) is 58.9 Å². The van der Waals surface area contributed by atoms with Gasteiger partial charge in [0.05, 0.1) is 0 Å². The van der Waals surface area contributed by atoms with E-state index in [9.17, 15) is 4.79 Å². The lowest BCUT2D eigenvalue weighted by atomic mass is 9.85. The van der Waals surface area contributed by atoms with Crippen molar-refractivity contribution < 1.29 is 9.53 Å². The summed E-state index contributed by atoms with van der Waals surface area (Å²) in [5, 5.41) is 6.79. The third-order valence-electron chi connectivity index (χ3n) is 5.95. The summed E-state index contributed by atoms with van der Waals surface area (Å²) < 4.78 is 5.42. The Morgan fingerprint density at radius 3 is 2.92 bits per heavy atom. The minimum atomic E-state index is 0.250. The van der Waals surface area contributed by atoms with Gasteiger partial charge in [0.25, 0.3) is 0 Å². The topological polar surface area (TPSA) is 53.6 Å². The summed E-state index contributed by atoms with van der Waals surface area (Å²) in [6.45, 7) is 13.7. The highest BCUT2D eigenvalue weighted by molar-refractivity contribution is 5.76. The number of carbonyl (C=O) groups excluding carboxylic acids is 1. The Hall–Kier alpha value is -0.650. The first-order valence-electron chi connectivity index (χ1n) is 10.4. The van der Waals surface area contributed by atoms with Gasteiger partial charge in [-0.3, -0.25) is 4.79 Å². The number of piperidine rings is 2. The van der Waals surface area contributed by atoms with Crippen LogP contribution in [0.25, 0.3) is 0 Å². The van der Waals surface area contributed by atoms with E-state index in [1.807, 2.05) is 6.92 Å². The van der Waals surface area contributed by atoms with Crippen molar-refractivity contribution in [3.05, 3.63) is 0 Å². The predicted molar refractivity (Wildman–Crippen MR) is 103 cm³/mol. The van der Waals surface area contributed by atoms with Gasteiger partial charge >= 0.3 is 0 Å². The van der Waals surface area contributed by atoms with Crippen LogP contribution in [0.15, 0.2) is 0 Å². The van der Waals surface area contributed by atoms with Crippen LogP contribution >= 0.6 is 0 Å². The number of likely N-dealkylation sites (tertiary alicyclic amines) is 1. The summed E-state index contributed by atoms with van der Waals surface area (Å²) in [6, 6.07) is 0.340. The highest BCUT2D eigenvalue weighted by Gasteiger charge is 2.28. The number of ether oxygens (including phenoxy) is 1. The summed E-state index contributed by atoms with van der Waals surface area (Å²) in [7, 11) is 0. The van der Waals surface area contributed by atoms with Crippen LogP contribution < -0.4 is 10.6 Å². The normalized spacial score (nSPS) is 29.3. The highest BCUT2D eigenvalue weighted by Crippen LogP contribution is 2.23. The number of nitrogens with one attached hydrogen (secondary N) is 2. The molecular formula is C20H39N3O2. The van der Waals surface area contributed by atoms with Gasteiger partial charge in [-0.25, -0.2) is 0 Å². The molecule has 2 rings (SSSR count). The van der Waals surface area contributed by atoms with Crippen LogP contribution in [-0.4, -0.2) is 62.8 Å². The van der Waals surface area contributed by atoms with Gasteiger partial charge in [-0.15, -0.1) is 0 Å². The smallest absolute Gasteiger partial charge is 0.220 e. The molecule has 0 radical (unpaired) electrons. The van der Waals surface area contributed by atoms with Gasteiger partial charge in [-0.2, -0.15) is 0 Å². The lowest BCUT2D eigenvalue weighted by molar-refractivity contribution is -0.123. The first-order valence-corrected chi connectivity index (χ1v) is 10.4. The molecule has 4 atom stereocenters. The average molecular weight is 354 g/mol. The number of carbonyl (C=O) groups is 1. The molecule has 0 aromatic rings. The number of hydrogen-bond donors (Lipinski definition) is 2. The monoisotopic (exact) mass is 353 g/mol. The molecule has 2 aliphatic rings. The zero-order valence-electron chi connectivity index (χ0n) is 16.6. The van der Waals surface area contributed by atoms with Gasteiger partial charge in [-0.1, -0.05) is 13.8 Å². The molecule has 0 aromatic heterocycles. The van der Waals surface area contributed by atoms with Crippen LogP contribution in [0, 0.1) is 17.8 Å². The molecule has 0 spiro atoms. The summed E-state index contributed by atoms with van der Waals surface area (Å²) in [6.07, 6.45) is 5.35. The van der Waals surface area contributed by atoms with Crippen LogP contribution in [0.3, 0.4) is 0 Å².